The molecule has 4 atom stereocenters. The van der Waals surface area contributed by atoms with Gasteiger partial charge in [-0.05, 0) is 58.0 Å². The largest absolute Gasteiger partial charge is 0.329 e. The van der Waals surface area contributed by atoms with E-state index in [1.165, 1.54) is 51.7 Å². The molecule has 4 unspecified atom stereocenters. The lowest BCUT2D eigenvalue weighted by Gasteiger charge is -2.49. The number of nitrogens with zero attached hydrogens (tertiary/aromatic N) is 2. The summed E-state index contributed by atoms with van der Waals surface area (Å²) in [4.78, 5) is 5.27. The number of piperidine rings is 1. The van der Waals surface area contributed by atoms with Gasteiger partial charge in [0, 0.05) is 31.2 Å². The van der Waals surface area contributed by atoms with E-state index < -0.39 is 0 Å². The first kappa shape index (κ1) is 12.9. The highest BCUT2D eigenvalue weighted by Gasteiger charge is 2.47. The van der Waals surface area contributed by atoms with Crippen LogP contribution >= 0.6 is 0 Å². The minimum atomic E-state index is 0.316. The molecule has 0 spiro atoms. The van der Waals surface area contributed by atoms with Gasteiger partial charge in [0.05, 0.1) is 0 Å². The van der Waals surface area contributed by atoms with Gasteiger partial charge in [-0.1, -0.05) is 6.42 Å². The Hall–Kier alpha value is -0.120. The zero-order chi connectivity index (χ0) is 12.8. The van der Waals surface area contributed by atoms with Gasteiger partial charge in [0.25, 0.3) is 0 Å². The fourth-order valence-corrected chi connectivity index (χ4v) is 4.64. The first-order valence-corrected chi connectivity index (χ1v) is 7.80. The standard InChI is InChI=1S/C15H29N3/c1-12-8-15(11-16,6-7-17(12)2)18-9-13-4-3-5-14(13)10-18/h12-14H,3-11,16H2,1-2H3. The van der Waals surface area contributed by atoms with Gasteiger partial charge in [-0.3, -0.25) is 4.90 Å². The molecule has 3 fully saturated rings. The average Bonchev–Trinajstić information content (AvgIpc) is 2.93. The molecule has 0 radical (unpaired) electrons. The molecule has 0 bridgehead atoms. The summed E-state index contributed by atoms with van der Waals surface area (Å²) in [6.45, 7) is 7.09. The van der Waals surface area contributed by atoms with E-state index in [-0.39, 0.29) is 0 Å². The first-order valence-electron chi connectivity index (χ1n) is 7.80. The van der Waals surface area contributed by atoms with Crippen LogP contribution in [0, 0.1) is 11.8 Å². The molecule has 1 aliphatic carbocycles. The number of hydrogen-bond acceptors (Lipinski definition) is 3. The normalized spacial score (nSPS) is 46.5. The number of rotatable bonds is 2. The van der Waals surface area contributed by atoms with E-state index in [9.17, 15) is 0 Å². The Morgan fingerprint density at radius 2 is 1.89 bits per heavy atom. The van der Waals surface area contributed by atoms with Gasteiger partial charge in [-0.2, -0.15) is 0 Å². The Kier molecular flexibility index (Phi) is 3.41. The minimum Gasteiger partial charge on any atom is -0.329 e. The molecule has 3 nitrogen and oxygen atoms in total. The van der Waals surface area contributed by atoms with Gasteiger partial charge >= 0.3 is 0 Å². The summed E-state index contributed by atoms with van der Waals surface area (Å²) in [6.07, 6.45) is 6.94. The van der Waals surface area contributed by atoms with Crippen LogP contribution < -0.4 is 5.73 Å². The van der Waals surface area contributed by atoms with E-state index in [4.69, 9.17) is 5.73 Å². The summed E-state index contributed by atoms with van der Waals surface area (Å²) in [5.41, 5.74) is 6.53. The van der Waals surface area contributed by atoms with Crippen molar-refractivity contribution < 1.29 is 0 Å². The highest BCUT2D eigenvalue weighted by Crippen LogP contribution is 2.43. The summed E-state index contributed by atoms with van der Waals surface area (Å²) in [5, 5.41) is 0. The molecular weight excluding hydrogens is 222 g/mol. The number of hydrogen-bond donors (Lipinski definition) is 1. The van der Waals surface area contributed by atoms with Crippen molar-refractivity contribution in [3.05, 3.63) is 0 Å². The molecule has 3 heteroatoms. The van der Waals surface area contributed by atoms with E-state index in [0.717, 1.165) is 18.4 Å². The van der Waals surface area contributed by atoms with Crippen LogP contribution in [0.3, 0.4) is 0 Å². The molecule has 0 aromatic rings. The Bertz CT molecular complexity index is 294. The molecule has 2 N–H and O–H groups in total. The second-order valence-corrected chi connectivity index (χ2v) is 7.07. The predicted molar refractivity (Wildman–Crippen MR) is 75.5 cm³/mol. The third-order valence-electron chi connectivity index (χ3n) is 6.13. The van der Waals surface area contributed by atoms with Gasteiger partial charge in [0.2, 0.25) is 0 Å². The molecule has 2 aliphatic heterocycles. The third kappa shape index (κ3) is 2.00. The van der Waals surface area contributed by atoms with Gasteiger partial charge in [-0.25, -0.2) is 0 Å². The maximum atomic E-state index is 6.22. The lowest BCUT2D eigenvalue weighted by atomic mass is 9.82. The van der Waals surface area contributed by atoms with E-state index in [1.54, 1.807) is 0 Å². The van der Waals surface area contributed by atoms with Crippen LogP contribution in [0.4, 0.5) is 0 Å². The van der Waals surface area contributed by atoms with Gasteiger partial charge in [-0.15, -0.1) is 0 Å². The summed E-state index contributed by atoms with van der Waals surface area (Å²) in [7, 11) is 2.25. The highest BCUT2D eigenvalue weighted by atomic mass is 15.3. The SMILES string of the molecule is CC1CC(CN)(N2CC3CCCC3C2)CCN1C. The molecule has 104 valence electrons. The number of likely N-dealkylation sites (tertiary alicyclic amines) is 2. The third-order valence-corrected chi connectivity index (χ3v) is 6.13. The molecule has 0 aromatic carbocycles. The van der Waals surface area contributed by atoms with Gasteiger partial charge in [0.15, 0.2) is 0 Å². The topological polar surface area (TPSA) is 32.5 Å². The molecule has 1 saturated carbocycles. The quantitative estimate of drug-likeness (QED) is 0.808. The van der Waals surface area contributed by atoms with Crippen molar-refractivity contribution in [2.45, 2.75) is 50.6 Å². The van der Waals surface area contributed by atoms with Crippen molar-refractivity contribution in [1.29, 1.82) is 0 Å². The lowest BCUT2D eigenvalue weighted by Crippen LogP contribution is -2.60. The highest BCUT2D eigenvalue weighted by molar-refractivity contribution is 5.03. The van der Waals surface area contributed by atoms with E-state index in [0.29, 0.717) is 11.6 Å². The maximum Gasteiger partial charge on any atom is 0.0358 e. The zero-order valence-corrected chi connectivity index (χ0v) is 12.1. The number of fused-ring (bicyclic) bond motifs is 1. The van der Waals surface area contributed by atoms with Gasteiger partial charge < -0.3 is 10.6 Å². The van der Waals surface area contributed by atoms with Crippen molar-refractivity contribution >= 4 is 0 Å². The van der Waals surface area contributed by atoms with Crippen molar-refractivity contribution in [1.82, 2.24) is 9.80 Å². The first-order chi connectivity index (χ1) is 8.64. The Labute approximate surface area is 112 Å². The van der Waals surface area contributed by atoms with Crippen LogP contribution in [0.25, 0.3) is 0 Å². The maximum absolute atomic E-state index is 6.22. The van der Waals surface area contributed by atoms with Crippen LogP contribution in [0.1, 0.15) is 39.0 Å². The molecule has 0 aromatic heterocycles. The molecule has 0 amide bonds. The molecule has 2 saturated heterocycles. The second-order valence-electron chi connectivity index (χ2n) is 7.07. The molecule has 18 heavy (non-hydrogen) atoms. The second kappa shape index (κ2) is 4.77. The number of nitrogens with two attached hydrogens (primary N) is 1. The van der Waals surface area contributed by atoms with Crippen molar-refractivity contribution in [2.24, 2.45) is 17.6 Å². The predicted octanol–water partition coefficient (Wildman–Crippen LogP) is 1.53. The van der Waals surface area contributed by atoms with Crippen molar-refractivity contribution in [2.75, 3.05) is 33.2 Å². The molecular formula is C15H29N3. The van der Waals surface area contributed by atoms with Crippen LogP contribution in [0.15, 0.2) is 0 Å². The van der Waals surface area contributed by atoms with Crippen LogP contribution in [-0.2, 0) is 0 Å². The Morgan fingerprint density at radius 3 is 2.44 bits per heavy atom. The summed E-state index contributed by atoms with van der Waals surface area (Å²) < 4.78 is 0. The van der Waals surface area contributed by atoms with Crippen molar-refractivity contribution in [3.63, 3.8) is 0 Å². The van der Waals surface area contributed by atoms with Crippen LogP contribution in [-0.4, -0.2) is 54.6 Å². The van der Waals surface area contributed by atoms with E-state index >= 15 is 0 Å². The van der Waals surface area contributed by atoms with Crippen LogP contribution in [0.2, 0.25) is 0 Å². The lowest BCUT2D eigenvalue weighted by molar-refractivity contribution is 0.0205. The summed E-state index contributed by atoms with van der Waals surface area (Å²) >= 11 is 0. The van der Waals surface area contributed by atoms with E-state index in [1.807, 2.05) is 0 Å². The summed E-state index contributed by atoms with van der Waals surface area (Å²) in [5.74, 6) is 1.98. The van der Waals surface area contributed by atoms with Gasteiger partial charge in [0.1, 0.15) is 0 Å². The van der Waals surface area contributed by atoms with Crippen LogP contribution in [0.5, 0.6) is 0 Å². The average molecular weight is 251 g/mol. The zero-order valence-electron chi connectivity index (χ0n) is 12.1. The monoisotopic (exact) mass is 251 g/mol. The fraction of sp³-hybridized carbons (Fsp3) is 1.00. The Morgan fingerprint density at radius 1 is 1.22 bits per heavy atom. The smallest absolute Gasteiger partial charge is 0.0358 e. The molecule has 2 heterocycles. The minimum absolute atomic E-state index is 0.316. The molecule has 3 aliphatic rings. The van der Waals surface area contributed by atoms with E-state index in [2.05, 4.69) is 23.8 Å². The Balaban J connectivity index is 1.72. The molecule has 3 rings (SSSR count). The van der Waals surface area contributed by atoms with Crippen molar-refractivity contribution in [3.8, 4) is 0 Å². The summed E-state index contributed by atoms with van der Waals surface area (Å²) in [6, 6.07) is 0.683. The fourth-order valence-electron chi connectivity index (χ4n) is 4.64.